The molecule has 0 radical (unpaired) electrons. The van der Waals surface area contributed by atoms with Gasteiger partial charge >= 0.3 is 51.4 Å². The van der Waals surface area contributed by atoms with Gasteiger partial charge in [0.1, 0.15) is 0 Å². The van der Waals surface area contributed by atoms with Gasteiger partial charge in [0.05, 0.1) is 6.42 Å². The largest absolute Gasteiger partial charge is 1.00 e. The van der Waals surface area contributed by atoms with Crippen molar-refractivity contribution in [3.63, 3.8) is 0 Å². The van der Waals surface area contributed by atoms with Gasteiger partial charge in [-0.25, -0.2) is 0 Å². The average Bonchev–Trinajstić information content (AvgIpc) is 2.06. The first-order valence-electron chi connectivity index (χ1n) is 3.28. The van der Waals surface area contributed by atoms with Crippen molar-refractivity contribution in [3.8, 4) is 0 Å². The van der Waals surface area contributed by atoms with Crippen LogP contribution in [0.5, 0.6) is 0 Å². The summed E-state index contributed by atoms with van der Waals surface area (Å²) < 4.78 is 0. The van der Waals surface area contributed by atoms with Crippen LogP contribution in [-0.4, -0.2) is 5.91 Å². The first-order valence-corrected chi connectivity index (χ1v) is 3.28. The van der Waals surface area contributed by atoms with Crippen molar-refractivity contribution in [2.24, 2.45) is 0 Å². The van der Waals surface area contributed by atoms with E-state index in [2.05, 4.69) is 0 Å². The molecule has 58 valence electrons. The molecule has 1 aromatic rings. The number of benzene rings is 1. The van der Waals surface area contributed by atoms with Gasteiger partial charge in [0.15, 0.2) is 0 Å². The van der Waals surface area contributed by atoms with Crippen molar-refractivity contribution >= 4 is 5.91 Å². The summed E-state index contributed by atoms with van der Waals surface area (Å²) in [5.41, 5.74) is 2.17. The maximum atomic E-state index is 10.6. The van der Waals surface area contributed by atoms with Crippen LogP contribution in [0.1, 0.15) is 5.56 Å². The van der Waals surface area contributed by atoms with Crippen LogP contribution >= 0.6 is 0 Å². The molecule has 0 aliphatic rings. The molecule has 0 saturated carbocycles. The third-order valence-corrected chi connectivity index (χ3v) is 1.32. The number of rotatable bonds is 2. The maximum absolute atomic E-state index is 10.6. The van der Waals surface area contributed by atoms with Gasteiger partial charge in [0.2, 0.25) is 5.91 Å². The standard InChI is InChI=1S/C8H8NO2.K/c10-8(9-11)6-7-4-2-1-3-5-7;/h1-5H,6H2,(H-,9,10,11);/q-1;+1. The van der Waals surface area contributed by atoms with E-state index in [0.717, 1.165) is 5.56 Å². The summed E-state index contributed by atoms with van der Waals surface area (Å²) in [5.74, 6) is -0.504. The molecule has 0 heterocycles. The van der Waals surface area contributed by atoms with E-state index >= 15 is 0 Å². The first kappa shape index (κ1) is 12.3. The van der Waals surface area contributed by atoms with E-state index in [-0.39, 0.29) is 57.8 Å². The number of nitrogens with one attached hydrogen (secondary N) is 1. The molecule has 1 aromatic carbocycles. The minimum absolute atomic E-state index is 0. The fraction of sp³-hybridized carbons (Fsp3) is 0.125. The fourth-order valence-corrected chi connectivity index (χ4v) is 0.817. The molecule has 0 spiro atoms. The van der Waals surface area contributed by atoms with Gasteiger partial charge in [0.25, 0.3) is 0 Å². The van der Waals surface area contributed by atoms with Gasteiger partial charge in [-0.05, 0) is 5.56 Å². The van der Waals surface area contributed by atoms with Crippen LogP contribution in [0.4, 0.5) is 0 Å². The molecule has 1 N–H and O–H groups in total. The number of carbonyl (C=O) groups is 1. The molecule has 1 amide bonds. The summed E-state index contributed by atoms with van der Waals surface area (Å²) >= 11 is 0. The maximum Gasteiger partial charge on any atom is 1.00 e. The first-order chi connectivity index (χ1) is 5.33. The number of hydroxylamine groups is 1. The van der Waals surface area contributed by atoms with E-state index in [1.165, 1.54) is 5.48 Å². The molecule has 12 heavy (non-hydrogen) atoms. The Morgan fingerprint density at radius 2 is 1.92 bits per heavy atom. The zero-order valence-electron chi connectivity index (χ0n) is 6.91. The van der Waals surface area contributed by atoms with Crippen LogP contribution in [0.2, 0.25) is 0 Å². The molecule has 0 saturated heterocycles. The van der Waals surface area contributed by atoms with Gasteiger partial charge < -0.3 is 10.7 Å². The summed E-state index contributed by atoms with van der Waals surface area (Å²) in [7, 11) is 0. The Hall–Kier alpha value is 0.286. The summed E-state index contributed by atoms with van der Waals surface area (Å²) in [5, 5.41) is 9.83. The zero-order valence-corrected chi connectivity index (χ0v) is 10.0. The van der Waals surface area contributed by atoms with Crippen molar-refractivity contribution in [3.05, 3.63) is 41.1 Å². The molecule has 3 nitrogen and oxygen atoms in total. The second-order valence-electron chi connectivity index (χ2n) is 2.19. The van der Waals surface area contributed by atoms with Crippen LogP contribution in [0.25, 0.3) is 0 Å². The van der Waals surface area contributed by atoms with Crippen LogP contribution in [-0.2, 0) is 11.2 Å². The molecular formula is C8H8KNO2. The van der Waals surface area contributed by atoms with E-state index in [0.29, 0.717) is 0 Å². The van der Waals surface area contributed by atoms with Crippen LogP contribution in [0, 0.1) is 5.21 Å². The summed E-state index contributed by atoms with van der Waals surface area (Å²) in [6, 6.07) is 9.11. The van der Waals surface area contributed by atoms with E-state index < -0.39 is 5.91 Å². The molecule has 0 atom stereocenters. The molecule has 0 aliphatic carbocycles. The number of amides is 1. The van der Waals surface area contributed by atoms with E-state index in [1.54, 1.807) is 12.1 Å². The van der Waals surface area contributed by atoms with E-state index in [9.17, 15) is 10.0 Å². The summed E-state index contributed by atoms with van der Waals surface area (Å²) in [6.45, 7) is 0. The normalized spacial score (nSPS) is 8.42. The van der Waals surface area contributed by atoms with Gasteiger partial charge in [-0.1, -0.05) is 30.3 Å². The van der Waals surface area contributed by atoms with E-state index in [4.69, 9.17) is 0 Å². The number of hydrogen-bond donors (Lipinski definition) is 1. The molecule has 1 rings (SSSR count). The quantitative estimate of drug-likeness (QED) is 0.426. The number of hydrogen-bond acceptors (Lipinski definition) is 2. The Bertz CT molecular complexity index is 238. The third kappa shape index (κ3) is 4.35. The summed E-state index contributed by atoms with van der Waals surface area (Å²) in [6.07, 6.45) is 0.157. The van der Waals surface area contributed by atoms with Gasteiger partial charge in [-0.3, -0.25) is 4.79 Å². The second kappa shape index (κ2) is 6.76. The van der Waals surface area contributed by atoms with Crippen molar-refractivity contribution in [1.29, 1.82) is 0 Å². The zero-order chi connectivity index (χ0) is 8.10. The SMILES string of the molecule is O=C(Cc1ccccc1)N[O-].[K+]. The molecule has 0 unspecified atom stereocenters. The Labute approximate surface area is 114 Å². The molecule has 0 bridgehead atoms. The van der Waals surface area contributed by atoms with Crippen LogP contribution < -0.4 is 56.9 Å². The van der Waals surface area contributed by atoms with Crippen LogP contribution in [0.15, 0.2) is 30.3 Å². The van der Waals surface area contributed by atoms with Crippen molar-refractivity contribution < 1.29 is 56.2 Å². The van der Waals surface area contributed by atoms with Crippen molar-refractivity contribution in [1.82, 2.24) is 5.48 Å². The average molecular weight is 189 g/mol. The Balaban J connectivity index is 0.00000121. The van der Waals surface area contributed by atoms with Gasteiger partial charge in [-0.2, -0.15) is 0 Å². The molecular weight excluding hydrogens is 181 g/mol. The monoisotopic (exact) mass is 189 g/mol. The molecule has 0 fully saturated rings. The van der Waals surface area contributed by atoms with Gasteiger partial charge in [-0.15, -0.1) is 0 Å². The Morgan fingerprint density at radius 1 is 1.33 bits per heavy atom. The Kier molecular flexibility index (Phi) is 6.93. The fourth-order valence-electron chi connectivity index (χ4n) is 0.817. The predicted molar refractivity (Wildman–Crippen MR) is 41.7 cm³/mol. The minimum atomic E-state index is -0.504. The van der Waals surface area contributed by atoms with Crippen molar-refractivity contribution in [2.45, 2.75) is 6.42 Å². The van der Waals surface area contributed by atoms with Crippen LogP contribution in [0.3, 0.4) is 0 Å². The predicted octanol–water partition coefficient (Wildman–Crippen LogP) is -2.15. The Morgan fingerprint density at radius 3 is 2.42 bits per heavy atom. The molecule has 0 aromatic heterocycles. The van der Waals surface area contributed by atoms with E-state index in [1.807, 2.05) is 18.2 Å². The molecule has 0 aliphatic heterocycles. The minimum Gasteiger partial charge on any atom is -0.759 e. The third-order valence-electron chi connectivity index (χ3n) is 1.32. The van der Waals surface area contributed by atoms with Gasteiger partial charge in [0, 0.05) is 0 Å². The van der Waals surface area contributed by atoms with Crippen molar-refractivity contribution in [2.75, 3.05) is 0 Å². The number of carbonyl (C=O) groups excluding carboxylic acids is 1. The summed E-state index contributed by atoms with van der Waals surface area (Å²) in [4.78, 5) is 10.6. The smallest absolute Gasteiger partial charge is 0.759 e. The topological polar surface area (TPSA) is 52.2 Å². The molecule has 4 heteroatoms. The second-order valence-corrected chi connectivity index (χ2v) is 2.19.